The van der Waals surface area contributed by atoms with E-state index in [9.17, 15) is 9.18 Å². The van der Waals surface area contributed by atoms with E-state index in [4.69, 9.17) is 5.73 Å². The highest BCUT2D eigenvalue weighted by atomic mass is 32.1. The van der Waals surface area contributed by atoms with Crippen LogP contribution in [0.1, 0.15) is 23.0 Å². The van der Waals surface area contributed by atoms with Gasteiger partial charge in [-0.1, -0.05) is 13.0 Å². The minimum atomic E-state index is -0.387. The van der Waals surface area contributed by atoms with Crippen LogP contribution < -0.4 is 16.4 Å². The van der Waals surface area contributed by atoms with Gasteiger partial charge in [0.15, 0.2) is 0 Å². The Morgan fingerprint density at radius 2 is 2.20 bits per heavy atom. The zero-order valence-corrected chi connectivity index (χ0v) is 12.1. The van der Waals surface area contributed by atoms with Gasteiger partial charge in [0.2, 0.25) is 0 Å². The van der Waals surface area contributed by atoms with Gasteiger partial charge in [0.1, 0.15) is 10.7 Å². The summed E-state index contributed by atoms with van der Waals surface area (Å²) >= 11 is 1.22. The third kappa shape index (κ3) is 3.08. The molecular weight excluding hydrogens is 277 g/mol. The molecule has 1 aromatic carbocycles. The van der Waals surface area contributed by atoms with Crippen molar-refractivity contribution in [1.29, 1.82) is 0 Å². The molecule has 4 N–H and O–H groups in total. The lowest BCUT2D eigenvalue weighted by atomic mass is 10.2. The fourth-order valence-electron chi connectivity index (χ4n) is 1.97. The van der Waals surface area contributed by atoms with Gasteiger partial charge < -0.3 is 16.4 Å². The molecule has 0 spiro atoms. The molecule has 2 rings (SSSR count). The SMILES string of the molecule is CCNCCCNC(=O)c1sc2cccc(F)c2c1N. The first-order valence-electron chi connectivity index (χ1n) is 6.60. The molecule has 1 heterocycles. The number of thiophene rings is 1. The summed E-state index contributed by atoms with van der Waals surface area (Å²) in [5.41, 5.74) is 6.12. The molecule has 4 nitrogen and oxygen atoms in total. The molecule has 0 aliphatic rings. The average molecular weight is 295 g/mol. The number of nitrogens with one attached hydrogen (secondary N) is 2. The number of benzene rings is 1. The average Bonchev–Trinajstić information content (AvgIpc) is 2.77. The van der Waals surface area contributed by atoms with Crippen molar-refractivity contribution in [2.24, 2.45) is 0 Å². The van der Waals surface area contributed by atoms with E-state index in [2.05, 4.69) is 10.6 Å². The second-order valence-corrected chi connectivity index (χ2v) is 5.47. The smallest absolute Gasteiger partial charge is 0.263 e. The molecule has 0 saturated heterocycles. The van der Waals surface area contributed by atoms with Gasteiger partial charge in [-0.3, -0.25) is 4.79 Å². The highest BCUT2D eigenvalue weighted by Gasteiger charge is 2.18. The summed E-state index contributed by atoms with van der Waals surface area (Å²) in [7, 11) is 0. The van der Waals surface area contributed by atoms with E-state index in [1.165, 1.54) is 17.4 Å². The number of halogens is 1. The number of rotatable bonds is 6. The monoisotopic (exact) mass is 295 g/mol. The number of anilines is 1. The predicted molar refractivity (Wildman–Crippen MR) is 81.7 cm³/mol. The van der Waals surface area contributed by atoms with Gasteiger partial charge in [0, 0.05) is 11.2 Å². The maximum atomic E-state index is 13.7. The lowest BCUT2D eigenvalue weighted by Gasteiger charge is -2.04. The van der Waals surface area contributed by atoms with E-state index in [1.807, 2.05) is 6.92 Å². The van der Waals surface area contributed by atoms with Crippen LogP contribution in [0.3, 0.4) is 0 Å². The van der Waals surface area contributed by atoms with Crippen LogP contribution in [0.15, 0.2) is 18.2 Å². The molecular formula is C14H18FN3OS. The number of amides is 1. The van der Waals surface area contributed by atoms with Gasteiger partial charge in [-0.05, 0) is 31.6 Å². The van der Waals surface area contributed by atoms with Gasteiger partial charge in [-0.25, -0.2) is 4.39 Å². The molecule has 1 amide bonds. The van der Waals surface area contributed by atoms with Crippen molar-refractivity contribution in [2.75, 3.05) is 25.4 Å². The fourth-order valence-corrected chi connectivity index (χ4v) is 3.02. The molecule has 0 aliphatic carbocycles. The van der Waals surface area contributed by atoms with Crippen molar-refractivity contribution in [3.8, 4) is 0 Å². The van der Waals surface area contributed by atoms with Crippen LogP contribution >= 0.6 is 11.3 Å². The standard InChI is InChI=1S/C14H18FN3OS/c1-2-17-7-4-8-18-14(19)13-12(16)11-9(15)5-3-6-10(11)20-13/h3,5-6,17H,2,4,7-8,16H2,1H3,(H,18,19). The Hall–Kier alpha value is -1.66. The Morgan fingerprint density at radius 1 is 1.40 bits per heavy atom. The summed E-state index contributed by atoms with van der Waals surface area (Å²) in [6.45, 7) is 4.37. The van der Waals surface area contributed by atoms with Crippen LogP contribution in [0.4, 0.5) is 10.1 Å². The van der Waals surface area contributed by atoms with Crippen molar-refractivity contribution in [3.63, 3.8) is 0 Å². The molecule has 0 fully saturated rings. The van der Waals surface area contributed by atoms with Crippen LogP contribution in [-0.4, -0.2) is 25.5 Å². The van der Waals surface area contributed by atoms with Gasteiger partial charge in [-0.15, -0.1) is 11.3 Å². The van der Waals surface area contributed by atoms with E-state index < -0.39 is 0 Å². The fraction of sp³-hybridized carbons (Fsp3) is 0.357. The van der Waals surface area contributed by atoms with E-state index >= 15 is 0 Å². The van der Waals surface area contributed by atoms with E-state index in [0.29, 0.717) is 21.5 Å². The molecule has 0 bridgehead atoms. The molecule has 108 valence electrons. The van der Waals surface area contributed by atoms with Crippen molar-refractivity contribution >= 4 is 33.0 Å². The maximum absolute atomic E-state index is 13.7. The minimum absolute atomic E-state index is 0.229. The molecule has 1 aromatic heterocycles. The zero-order valence-electron chi connectivity index (χ0n) is 11.3. The summed E-state index contributed by atoms with van der Waals surface area (Å²) in [5.74, 6) is -0.623. The third-order valence-corrected chi connectivity index (χ3v) is 4.14. The number of hydrogen-bond acceptors (Lipinski definition) is 4. The zero-order chi connectivity index (χ0) is 14.5. The molecule has 0 atom stereocenters. The molecule has 6 heteroatoms. The summed E-state index contributed by atoms with van der Waals surface area (Å²) in [4.78, 5) is 12.4. The summed E-state index contributed by atoms with van der Waals surface area (Å²) in [5, 5.41) is 6.33. The van der Waals surface area contributed by atoms with E-state index in [1.54, 1.807) is 12.1 Å². The predicted octanol–water partition coefficient (Wildman–Crippen LogP) is 2.35. The molecule has 0 saturated carbocycles. The highest BCUT2D eigenvalue weighted by molar-refractivity contribution is 7.21. The van der Waals surface area contributed by atoms with Gasteiger partial charge in [-0.2, -0.15) is 0 Å². The first-order valence-corrected chi connectivity index (χ1v) is 7.42. The third-order valence-electron chi connectivity index (χ3n) is 2.97. The van der Waals surface area contributed by atoms with Crippen LogP contribution in [-0.2, 0) is 0 Å². The maximum Gasteiger partial charge on any atom is 0.263 e. The highest BCUT2D eigenvalue weighted by Crippen LogP contribution is 2.35. The number of nitrogen functional groups attached to an aromatic ring is 1. The van der Waals surface area contributed by atoms with Crippen molar-refractivity contribution in [3.05, 3.63) is 28.9 Å². The summed E-state index contributed by atoms with van der Waals surface area (Å²) in [6.07, 6.45) is 0.846. The Morgan fingerprint density at radius 3 is 2.90 bits per heavy atom. The second kappa shape index (κ2) is 6.67. The first kappa shape index (κ1) is 14.7. The first-order chi connectivity index (χ1) is 9.65. The largest absolute Gasteiger partial charge is 0.397 e. The summed E-state index contributed by atoms with van der Waals surface area (Å²) < 4.78 is 14.4. The van der Waals surface area contributed by atoms with E-state index in [0.717, 1.165) is 19.5 Å². The quantitative estimate of drug-likeness (QED) is 0.717. The number of carbonyl (C=O) groups is 1. The Labute approximate surface area is 121 Å². The summed E-state index contributed by atoms with van der Waals surface area (Å²) in [6, 6.07) is 4.73. The Balaban J connectivity index is 2.07. The minimum Gasteiger partial charge on any atom is -0.397 e. The van der Waals surface area contributed by atoms with Gasteiger partial charge in [0.05, 0.1) is 11.1 Å². The Bertz CT molecular complexity index is 612. The van der Waals surface area contributed by atoms with Crippen LogP contribution in [0.2, 0.25) is 0 Å². The normalized spacial score (nSPS) is 10.9. The van der Waals surface area contributed by atoms with Gasteiger partial charge in [0.25, 0.3) is 5.91 Å². The van der Waals surface area contributed by atoms with Crippen molar-refractivity contribution in [2.45, 2.75) is 13.3 Å². The molecule has 20 heavy (non-hydrogen) atoms. The molecule has 2 aromatic rings. The van der Waals surface area contributed by atoms with Crippen molar-refractivity contribution in [1.82, 2.24) is 10.6 Å². The topological polar surface area (TPSA) is 67.1 Å². The number of nitrogens with two attached hydrogens (primary N) is 1. The molecule has 0 unspecified atom stereocenters. The number of hydrogen-bond donors (Lipinski definition) is 3. The van der Waals surface area contributed by atoms with Gasteiger partial charge >= 0.3 is 0 Å². The molecule has 0 radical (unpaired) electrons. The second-order valence-electron chi connectivity index (χ2n) is 4.42. The van der Waals surface area contributed by atoms with Crippen LogP contribution in [0, 0.1) is 5.82 Å². The van der Waals surface area contributed by atoms with Crippen LogP contribution in [0.5, 0.6) is 0 Å². The number of carbonyl (C=O) groups excluding carboxylic acids is 1. The van der Waals surface area contributed by atoms with E-state index in [-0.39, 0.29) is 17.4 Å². The number of fused-ring (bicyclic) bond motifs is 1. The lowest BCUT2D eigenvalue weighted by molar-refractivity contribution is 0.0958. The Kier molecular flexibility index (Phi) is 4.92. The van der Waals surface area contributed by atoms with Crippen LogP contribution in [0.25, 0.3) is 10.1 Å². The molecule has 0 aliphatic heterocycles. The van der Waals surface area contributed by atoms with Crippen molar-refractivity contribution < 1.29 is 9.18 Å². The lowest BCUT2D eigenvalue weighted by Crippen LogP contribution is -2.27.